The zero-order chi connectivity index (χ0) is 22.7. The molecule has 1 aliphatic heterocycles. The monoisotopic (exact) mass is 452 g/mol. The topological polar surface area (TPSA) is 67.9 Å². The second-order valence-corrected chi connectivity index (χ2v) is 7.36. The predicted octanol–water partition coefficient (Wildman–Crippen LogP) is 4.53. The van der Waals surface area contributed by atoms with Crippen molar-refractivity contribution in [3.8, 4) is 11.5 Å². The molecule has 1 N–H and O–H groups in total. The predicted molar refractivity (Wildman–Crippen MR) is 119 cm³/mol. The molecule has 4 rings (SSSR count). The van der Waals surface area contributed by atoms with E-state index < -0.39 is 11.8 Å². The summed E-state index contributed by atoms with van der Waals surface area (Å²) in [5, 5.41) is 1.50. The summed E-state index contributed by atoms with van der Waals surface area (Å²) < 4.78 is 24.8. The second-order valence-electron chi connectivity index (χ2n) is 6.92. The third-order valence-corrected chi connectivity index (χ3v) is 4.96. The van der Waals surface area contributed by atoms with Gasteiger partial charge in [-0.2, -0.15) is 0 Å². The van der Waals surface area contributed by atoms with Crippen LogP contribution in [0.4, 0.5) is 10.1 Å². The van der Waals surface area contributed by atoms with Crippen LogP contribution in [-0.4, -0.2) is 18.9 Å². The van der Waals surface area contributed by atoms with Crippen molar-refractivity contribution in [2.45, 2.75) is 6.61 Å². The number of nitrogens with zero attached hydrogens (tertiary/aromatic N) is 1. The Labute approximate surface area is 188 Å². The Balaban J connectivity index is 1.69. The van der Waals surface area contributed by atoms with Gasteiger partial charge in [0.05, 0.1) is 12.8 Å². The Morgan fingerprint density at radius 2 is 1.84 bits per heavy atom. The Morgan fingerprint density at radius 1 is 1.06 bits per heavy atom. The van der Waals surface area contributed by atoms with Crippen molar-refractivity contribution in [2.75, 3.05) is 12.1 Å². The smallest absolute Gasteiger partial charge is 0.282 e. The molecule has 1 aliphatic rings. The van der Waals surface area contributed by atoms with Gasteiger partial charge in [-0.3, -0.25) is 15.0 Å². The number of para-hydroxylation sites is 1. The maximum Gasteiger partial charge on any atom is 0.282 e. The zero-order valence-electron chi connectivity index (χ0n) is 17.0. The first kappa shape index (κ1) is 21.4. The van der Waals surface area contributed by atoms with E-state index in [4.69, 9.17) is 21.1 Å². The lowest BCUT2D eigenvalue weighted by Gasteiger charge is -2.15. The number of carbonyl (C=O) groups excluding carboxylic acids is 2. The molecule has 6 nitrogen and oxygen atoms in total. The van der Waals surface area contributed by atoms with E-state index in [1.165, 1.54) is 30.3 Å². The summed E-state index contributed by atoms with van der Waals surface area (Å²) in [5.41, 5.74) is 3.96. The molecule has 0 aliphatic carbocycles. The standard InChI is InChI=1S/C24H18ClFN2O4/c1-31-21-13-17(25)11-16(22(21)32-14-15-6-5-7-18(26)10-15)12-20-23(29)27-28(24(20)30)19-8-3-2-4-9-19/h2-13H,14H2,1H3,(H,27,29)/b20-12-. The normalized spacial score (nSPS) is 14.6. The number of nitrogens with one attached hydrogen (secondary N) is 1. The molecule has 162 valence electrons. The average molecular weight is 453 g/mol. The van der Waals surface area contributed by atoms with Crippen molar-refractivity contribution < 1.29 is 23.5 Å². The third-order valence-electron chi connectivity index (χ3n) is 4.75. The number of halogens is 2. The number of anilines is 1. The molecule has 0 saturated carbocycles. The maximum absolute atomic E-state index is 13.5. The number of hydrogen-bond donors (Lipinski definition) is 1. The molecule has 2 amide bonds. The van der Waals surface area contributed by atoms with E-state index >= 15 is 0 Å². The number of hydrogen-bond acceptors (Lipinski definition) is 4. The lowest BCUT2D eigenvalue weighted by molar-refractivity contribution is -0.117. The lowest BCUT2D eigenvalue weighted by Crippen LogP contribution is -2.35. The Morgan fingerprint density at radius 3 is 2.56 bits per heavy atom. The van der Waals surface area contributed by atoms with Gasteiger partial charge in [0.1, 0.15) is 18.0 Å². The van der Waals surface area contributed by atoms with E-state index in [1.54, 1.807) is 48.5 Å². The molecule has 3 aromatic carbocycles. The molecule has 0 bridgehead atoms. The van der Waals surface area contributed by atoms with E-state index in [0.717, 1.165) is 0 Å². The molecule has 1 heterocycles. The highest BCUT2D eigenvalue weighted by Crippen LogP contribution is 2.37. The highest BCUT2D eigenvalue weighted by Gasteiger charge is 2.34. The fraction of sp³-hybridized carbons (Fsp3) is 0.0833. The summed E-state index contributed by atoms with van der Waals surface area (Å²) in [5.74, 6) is -0.880. The molecule has 1 fully saturated rings. The highest BCUT2D eigenvalue weighted by molar-refractivity contribution is 6.32. The van der Waals surface area contributed by atoms with Gasteiger partial charge in [-0.25, -0.2) is 9.40 Å². The van der Waals surface area contributed by atoms with Gasteiger partial charge >= 0.3 is 0 Å². The van der Waals surface area contributed by atoms with E-state index in [2.05, 4.69) is 5.43 Å². The van der Waals surface area contributed by atoms with Crippen molar-refractivity contribution in [2.24, 2.45) is 0 Å². The molecular weight excluding hydrogens is 435 g/mol. The van der Waals surface area contributed by atoms with Crippen molar-refractivity contribution in [3.05, 3.63) is 94.3 Å². The maximum atomic E-state index is 13.5. The quantitative estimate of drug-likeness (QED) is 0.441. The minimum atomic E-state index is -0.561. The van der Waals surface area contributed by atoms with Gasteiger partial charge < -0.3 is 9.47 Å². The van der Waals surface area contributed by atoms with Gasteiger partial charge in [-0.05, 0) is 42.0 Å². The van der Waals surface area contributed by atoms with Crippen molar-refractivity contribution in [1.29, 1.82) is 0 Å². The van der Waals surface area contributed by atoms with Crippen LogP contribution in [0, 0.1) is 5.82 Å². The third kappa shape index (κ3) is 4.43. The van der Waals surface area contributed by atoms with Gasteiger partial charge in [0.25, 0.3) is 11.8 Å². The largest absolute Gasteiger partial charge is 0.493 e. The zero-order valence-corrected chi connectivity index (χ0v) is 17.7. The van der Waals surface area contributed by atoms with Crippen LogP contribution in [-0.2, 0) is 16.2 Å². The van der Waals surface area contributed by atoms with Crippen molar-refractivity contribution >= 4 is 35.2 Å². The van der Waals surface area contributed by atoms with Gasteiger partial charge in [0.15, 0.2) is 11.5 Å². The number of ether oxygens (including phenoxy) is 2. The summed E-state index contributed by atoms with van der Waals surface area (Å²) in [7, 11) is 1.45. The SMILES string of the molecule is COc1cc(Cl)cc(/C=C2/C(=O)NN(c3ccccc3)C2=O)c1OCc1cccc(F)c1. The highest BCUT2D eigenvalue weighted by atomic mass is 35.5. The van der Waals surface area contributed by atoms with Crippen LogP contribution in [0.3, 0.4) is 0 Å². The average Bonchev–Trinajstić information content (AvgIpc) is 3.07. The van der Waals surface area contributed by atoms with Gasteiger partial charge in [0.2, 0.25) is 0 Å². The number of benzene rings is 3. The van der Waals surface area contributed by atoms with Crippen LogP contribution < -0.4 is 19.9 Å². The van der Waals surface area contributed by atoms with E-state index in [-0.39, 0.29) is 23.7 Å². The number of methoxy groups -OCH3 is 1. The molecular formula is C24H18ClFN2O4. The molecule has 1 saturated heterocycles. The summed E-state index contributed by atoms with van der Waals surface area (Å²) in [4.78, 5) is 25.5. The van der Waals surface area contributed by atoms with Crippen LogP contribution in [0.25, 0.3) is 6.08 Å². The minimum Gasteiger partial charge on any atom is -0.493 e. The molecule has 0 spiro atoms. The molecule has 0 aromatic heterocycles. The van der Waals surface area contributed by atoms with E-state index in [0.29, 0.717) is 27.6 Å². The second kappa shape index (κ2) is 9.11. The van der Waals surface area contributed by atoms with Crippen molar-refractivity contribution in [3.63, 3.8) is 0 Å². The summed E-state index contributed by atoms with van der Waals surface area (Å²) in [6.45, 7) is 0.0439. The first-order valence-corrected chi connectivity index (χ1v) is 10.0. The Kier molecular flexibility index (Phi) is 6.09. The van der Waals surface area contributed by atoms with Gasteiger partial charge in [-0.15, -0.1) is 0 Å². The summed E-state index contributed by atoms with van der Waals surface area (Å²) in [6, 6.07) is 17.8. The Hall–Kier alpha value is -3.84. The molecule has 8 heteroatoms. The van der Waals surface area contributed by atoms with Gasteiger partial charge in [-0.1, -0.05) is 41.9 Å². The van der Waals surface area contributed by atoms with Gasteiger partial charge in [0, 0.05) is 16.7 Å². The first-order chi connectivity index (χ1) is 15.5. The molecule has 0 atom stereocenters. The number of rotatable bonds is 6. The molecule has 32 heavy (non-hydrogen) atoms. The number of carbonyl (C=O) groups is 2. The fourth-order valence-corrected chi connectivity index (χ4v) is 3.47. The fourth-order valence-electron chi connectivity index (χ4n) is 3.26. The Bertz CT molecular complexity index is 1210. The molecule has 0 radical (unpaired) electrons. The van der Waals surface area contributed by atoms with Crippen molar-refractivity contribution in [1.82, 2.24) is 5.43 Å². The van der Waals surface area contributed by atoms with E-state index in [1.807, 2.05) is 6.07 Å². The van der Waals surface area contributed by atoms with Crippen LogP contribution >= 0.6 is 11.6 Å². The van der Waals surface area contributed by atoms with Crippen LogP contribution in [0.5, 0.6) is 11.5 Å². The van der Waals surface area contributed by atoms with E-state index in [9.17, 15) is 14.0 Å². The molecule has 0 unspecified atom stereocenters. The minimum absolute atomic E-state index is 0.0439. The number of amides is 2. The first-order valence-electron chi connectivity index (χ1n) is 9.63. The summed E-state index contributed by atoms with van der Waals surface area (Å²) >= 11 is 6.21. The van der Waals surface area contributed by atoms with Crippen LogP contribution in [0.15, 0.2) is 72.3 Å². The summed E-state index contributed by atoms with van der Waals surface area (Å²) in [6.07, 6.45) is 1.40. The van der Waals surface area contributed by atoms with Crippen LogP contribution in [0.2, 0.25) is 5.02 Å². The lowest BCUT2D eigenvalue weighted by atomic mass is 10.1. The number of hydrazine groups is 1. The molecule has 3 aromatic rings. The van der Waals surface area contributed by atoms with Crippen LogP contribution in [0.1, 0.15) is 11.1 Å².